The Morgan fingerprint density at radius 3 is 2.81 bits per heavy atom. The van der Waals surface area contributed by atoms with E-state index in [1.165, 1.54) is 10.7 Å². The Morgan fingerprint density at radius 1 is 1.50 bits per heavy atom. The molecule has 0 atom stereocenters. The highest BCUT2D eigenvalue weighted by Gasteiger charge is 2.12. The van der Waals surface area contributed by atoms with E-state index < -0.39 is 5.82 Å². The van der Waals surface area contributed by atoms with Crippen molar-refractivity contribution in [3.05, 3.63) is 41.3 Å². The van der Waals surface area contributed by atoms with E-state index in [1.807, 2.05) is 0 Å². The summed E-state index contributed by atoms with van der Waals surface area (Å²) in [7, 11) is 0. The van der Waals surface area contributed by atoms with Crippen molar-refractivity contribution in [3.63, 3.8) is 0 Å². The lowest BCUT2D eigenvalue weighted by molar-refractivity contribution is 0.610. The van der Waals surface area contributed by atoms with Gasteiger partial charge >= 0.3 is 0 Å². The van der Waals surface area contributed by atoms with Crippen LogP contribution in [-0.2, 0) is 0 Å². The molecule has 0 amide bonds. The predicted octanol–water partition coefficient (Wildman–Crippen LogP) is 1.88. The maximum absolute atomic E-state index is 13.7. The van der Waals surface area contributed by atoms with Gasteiger partial charge < -0.3 is 5.73 Å². The molecule has 2 N–H and O–H groups in total. The molecule has 0 saturated heterocycles. The third kappa shape index (κ3) is 1.52. The Balaban J connectivity index is 2.73. The van der Waals surface area contributed by atoms with Gasteiger partial charge in [0.1, 0.15) is 17.3 Å². The molecule has 0 aliphatic carbocycles. The fourth-order valence-corrected chi connectivity index (χ4v) is 1.55. The molecule has 1 heterocycles. The van der Waals surface area contributed by atoms with Crippen LogP contribution in [0, 0.1) is 25.1 Å². The normalized spacial score (nSPS) is 10.1. The first kappa shape index (κ1) is 10.2. The smallest absolute Gasteiger partial charge is 0.150 e. The van der Waals surface area contributed by atoms with Crippen molar-refractivity contribution in [2.24, 2.45) is 0 Å². The number of hydrogen-bond donors (Lipinski definition) is 1. The third-order valence-corrected chi connectivity index (χ3v) is 2.21. The van der Waals surface area contributed by atoms with Gasteiger partial charge in [-0.3, -0.25) is 0 Å². The van der Waals surface area contributed by atoms with Gasteiger partial charge in [0.05, 0.1) is 11.3 Å². The molecule has 3 nitrogen and oxygen atoms in total. The highest BCUT2D eigenvalue weighted by atomic mass is 19.1. The highest BCUT2D eigenvalue weighted by Crippen LogP contribution is 2.21. The summed E-state index contributed by atoms with van der Waals surface area (Å²) in [6.07, 6.45) is 5.32. The number of anilines is 1. The third-order valence-electron chi connectivity index (χ3n) is 2.21. The van der Waals surface area contributed by atoms with Gasteiger partial charge in [-0.15, -0.1) is 6.42 Å². The minimum atomic E-state index is -0.440. The Hall–Kier alpha value is -2.28. The first-order valence-electron chi connectivity index (χ1n) is 4.71. The summed E-state index contributed by atoms with van der Waals surface area (Å²) < 4.78 is 15.0. The van der Waals surface area contributed by atoms with E-state index in [0.717, 1.165) is 0 Å². The molecule has 1 aromatic carbocycles. The second-order valence-electron chi connectivity index (χ2n) is 3.40. The van der Waals surface area contributed by atoms with Gasteiger partial charge in [0, 0.05) is 6.07 Å². The number of aromatic nitrogens is 2. The SMILES string of the molecule is C#Cc1cccc(F)c1-n1nc(C)cc1N. The van der Waals surface area contributed by atoms with Gasteiger partial charge in [-0.05, 0) is 19.1 Å². The maximum atomic E-state index is 13.7. The van der Waals surface area contributed by atoms with Crippen molar-refractivity contribution < 1.29 is 4.39 Å². The average molecular weight is 215 g/mol. The highest BCUT2D eigenvalue weighted by molar-refractivity contribution is 5.54. The number of nitrogens with zero attached hydrogens (tertiary/aromatic N) is 2. The van der Waals surface area contributed by atoms with E-state index in [0.29, 0.717) is 17.1 Å². The van der Waals surface area contributed by atoms with Crippen LogP contribution in [0.2, 0.25) is 0 Å². The number of halogens is 1. The molecular formula is C12H10FN3. The maximum Gasteiger partial charge on any atom is 0.150 e. The number of terminal acetylenes is 1. The van der Waals surface area contributed by atoms with E-state index in [2.05, 4.69) is 11.0 Å². The Kier molecular flexibility index (Phi) is 2.37. The second kappa shape index (κ2) is 3.70. The Morgan fingerprint density at radius 2 is 2.25 bits per heavy atom. The van der Waals surface area contributed by atoms with E-state index >= 15 is 0 Å². The lowest BCUT2D eigenvalue weighted by Gasteiger charge is -2.07. The average Bonchev–Trinajstić information content (AvgIpc) is 2.57. The summed E-state index contributed by atoms with van der Waals surface area (Å²) in [6, 6.07) is 6.19. The minimum Gasteiger partial charge on any atom is -0.384 e. The van der Waals surface area contributed by atoms with Gasteiger partial charge in [0.15, 0.2) is 0 Å². The molecule has 2 aromatic rings. The molecule has 0 fully saturated rings. The number of hydrogen-bond acceptors (Lipinski definition) is 2. The topological polar surface area (TPSA) is 43.8 Å². The number of para-hydroxylation sites is 1. The fraction of sp³-hybridized carbons (Fsp3) is 0.0833. The van der Waals surface area contributed by atoms with Crippen LogP contribution in [0.15, 0.2) is 24.3 Å². The number of aryl methyl sites for hydroxylation is 1. The van der Waals surface area contributed by atoms with Crippen molar-refractivity contribution in [3.8, 4) is 18.0 Å². The van der Waals surface area contributed by atoms with Crippen LogP contribution in [0.5, 0.6) is 0 Å². The Labute approximate surface area is 92.7 Å². The molecule has 0 unspecified atom stereocenters. The molecular weight excluding hydrogens is 205 g/mol. The summed E-state index contributed by atoms with van der Waals surface area (Å²) in [5.74, 6) is 2.34. The monoisotopic (exact) mass is 215 g/mol. The van der Waals surface area contributed by atoms with Crippen molar-refractivity contribution in [2.45, 2.75) is 6.92 Å². The lowest BCUT2D eigenvalue weighted by atomic mass is 10.2. The van der Waals surface area contributed by atoms with E-state index in [-0.39, 0.29) is 5.69 Å². The molecule has 0 aliphatic rings. The Bertz CT molecular complexity index is 578. The molecule has 2 rings (SSSR count). The van der Waals surface area contributed by atoms with Crippen LogP contribution in [0.25, 0.3) is 5.69 Å². The first-order valence-corrected chi connectivity index (χ1v) is 4.71. The number of nitrogen functional groups attached to an aromatic ring is 1. The van der Waals surface area contributed by atoms with E-state index in [1.54, 1.807) is 25.1 Å². The summed E-state index contributed by atoms with van der Waals surface area (Å²) >= 11 is 0. The lowest BCUT2D eigenvalue weighted by Crippen LogP contribution is -2.06. The first-order chi connectivity index (χ1) is 7.63. The van der Waals surface area contributed by atoms with Crippen LogP contribution < -0.4 is 5.73 Å². The molecule has 0 saturated carbocycles. The number of benzene rings is 1. The molecule has 1 aromatic heterocycles. The number of rotatable bonds is 1. The van der Waals surface area contributed by atoms with Crippen molar-refractivity contribution in [2.75, 3.05) is 5.73 Å². The summed E-state index contributed by atoms with van der Waals surface area (Å²) in [6.45, 7) is 1.78. The zero-order chi connectivity index (χ0) is 11.7. The van der Waals surface area contributed by atoms with Crippen LogP contribution >= 0.6 is 0 Å². The van der Waals surface area contributed by atoms with Gasteiger partial charge in [0.25, 0.3) is 0 Å². The largest absolute Gasteiger partial charge is 0.384 e. The minimum absolute atomic E-state index is 0.218. The molecule has 16 heavy (non-hydrogen) atoms. The zero-order valence-electron chi connectivity index (χ0n) is 8.74. The number of nitrogens with two attached hydrogens (primary N) is 1. The van der Waals surface area contributed by atoms with E-state index in [4.69, 9.17) is 12.2 Å². The van der Waals surface area contributed by atoms with Gasteiger partial charge in [-0.25, -0.2) is 9.07 Å². The van der Waals surface area contributed by atoms with Crippen molar-refractivity contribution >= 4 is 5.82 Å². The van der Waals surface area contributed by atoms with Crippen LogP contribution in [0.1, 0.15) is 11.3 Å². The zero-order valence-corrected chi connectivity index (χ0v) is 8.74. The second-order valence-corrected chi connectivity index (χ2v) is 3.40. The fourth-order valence-electron chi connectivity index (χ4n) is 1.55. The van der Waals surface area contributed by atoms with Crippen LogP contribution in [-0.4, -0.2) is 9.78 Å². The summed E-state index contributed by atoms with van der Waals surface area (Å²) in [5, 5.41) is 4.11. The summed E-state index contributed by atoms with van der Waals surface area (Å²) in [4.78, 5) is 0. The molecule has 4 heteroatoms. The molecule has 0 bridgehead atoms. The van der Waals surface area contributed by atoms with E-state index in [9.17, 15) is 4.39 Å². The van der Waals surface area contributed by atoms with Gasteiger partial charge in [0.2, 0.25) is 0 Å². The van der Waals surface area contributed by atoms with Crippen molar-refractivity contribution in [1.29, 1.82) is 0 Å². The molecule has 0 spiro atoms. The molecule has 0 radical (unpaired) electrons. The molecule has 80 valence electrons. The summed E-state index contributed by atoms with van der Waals surface area (Å²) in [5.41, 5.74) is 7.09. The molecule has 0 aliphatic heterocycles. The van der Waals surface area contributed by atoms with Gasteiger partial charge in [-0.1, -0.05) is 12.0 Å². The van der Waals surface area contributed by atoms with Crippen LogP contribution in [0.4, 0.5) is 10.2 Å². The quantitative estimate of drug-likeness (QED) is 0.738. The van der Waals surface area contributed by atoms with Gasteiger partial charge in [-0.2, -0.15) is 5.10 Å². The van der Waals surface area contributed by atoms with Crippen LogP contribution in [0.3, 0.4) is 0 Å². The standard InChI is InChI=1S/C12H10FN3/c1-3-9-5-4-6-10(13)12(9)16-11(14)7-8(2)15-16/h1,4-7H,14H2,2H3. The van der Waals surface area contributed by atoms with Crippen molar-refractivity contribution in [1.82, 2.24) is 9.78 Å². The predicted molar refractivity (Wildman–Crippen MR) is 60.6 cm³/mol.